The molecular formula is C12H16N2O3. The summed E-state index contributed by atoms with van der Waals surface area (Å²) in [5.74, 6) is 0. The summed E-state index contributed by atoms with van der Waals surface area (Å²) in [6.07, 6.45) is -1.08. The van der Waals surface area contributed by atoms with Gasteiger partial charge in [0.1, 0.15) is 6.61 Å². The van der Waals surface area contributed by atoms with E-state index < -0.39 is 12.2 Å². The van der Waals surface area contributed by atoms with Gasteiger partial charge < -0.3 is 20.5 Å². The second-order valence-corrected chi connectivity index (χ2v) is 4.18. The number of likely N-dealkylation sites (tertiary alicyclic amines) is 1. The molecule has 1 fully saturated rings. The Labute approximate surface area is 99.8 Å². The van der Waals surface area contributed by atoms with E-state index in [-0.39, 0.29) is 19.2 Å². The van der Waals surface area contributed by atoms with Gasteiger partial charge in [-0.05, 0) is 5.56 Å². The number of β-amino-alcohol motifs (C(OH)–C–C–N with tert-alkyl or cyclic N) is 1. The van der Waals surface area contributed by atoms with Gasteiger partial charge in [0.15, 0.2) is 0 Å². The van der Waals surface area contributed by atoms with E-state index in [4.69, 9.17) is 10.5 Å². The van der Waals surface area contributed by atoms with Crippen molar-refractivity contribution in [3.05, 3.63) is 35.9 Å². The molecule has 0 bridgehead atoms. The number of carbonyl (C=O) groups excluding carboxylic acids is 1. The average Bonchev–Trinajstić information content (AvgIpc) is 2.68. The largest absolute Gasteiger partial charge is 0.445 e. The topological polar surface area (TPSA) is 75.8 Å². The van der Waals surface area contributed by atoms with Crippen molar-refractivity contribution in [2.75, 3.05) is 13.1 Å². The Kier molecular flexibility index (Phi) is 3.61. The number of rotatable bonds is 2. The second kappa shape index (κ2) is 5.16. The molecule has 5 nitrogen and oxygen atoms in total. The molecular weight excluding hydrogens is 220 g/mol. The van der Waals surface area contributed by atoms with E-state index in [0.29, 0.717) is 6.54 Å². The van der Waals surface area contributed by atoms with Gasteiger partial charge >= 0.3 is 6.09 Å². The highest BCUT2D eigenvalue weighted by molar-refractivity contribution is 5.68. The van der Waals surface area contributed by atoms with E-state index in [2.05, 4.69) is 0 Å². The van der Waals surface area contributed by atoms with Gasteiger partial charge in [-0.1, -0.05) is 30.3 Å². The summed E-state index contributed by atoms with van der Waals surface area (Å²) < 4.78 is 5.13. The highest BCUT2D eigenvalue weighted by Gasteiger charge is 2.32. The molecule has 1 aliphatic heterocycles. The molecule has 0 spiro atoms. The summed E-state index contributed by atoms with van der Waals surface area (Å²) in [5, 5.41) is 9.43. The van der Waals surface area contributed by atoms with Crippen LogP contribution in [0.3, 0.4) is 0 Å². The van der Waals surface area contributed by atoms with Crippen LogP contribution < -0.4 is 5.73 Å². The monoisotopic (exact) mass is 236 g/mol. The predicted octanol–water partition coefficient (Wildman–Crippen LogP) is 0.327. The molecule has 5 heteroatoms. The molecule has 0 aromatic heterocycles. The fourth-order valence-corrected chi connectivity index (χ4v) is 1.77. The maximum absolute atomic E-state index is 11.6. The summed E-state index contributed by atoms with van der Waals surface area (Å²) in [6.45, 7) is 0.824. The van der Waals surface area contributed by atoms with Crippen LogP contribution in [0.4, 0.5) is 4.79 Å². The van der Waals surface area contributed by atoms with Crippen molar-refractivity contribution < 1.29 is 14.6 Å². The van der Waals surface area contributed by atoms with E-state index in [1.54, 1.807) is 0 Å². The van der Waals surface area contributed by atoms with Gasteiger partial charge in [-0.3, -0.25) is 0 Å². The predicted molar refractivity (Wildman–Crippen MR) is 62.2 cm³/mol. The molecule has 1 aromatic carbocycles. The zero-order chi connectivity index (χ0) is 12.3. The quantitative estimate of drug-likeness (QED) is 0.775. The smallest absolute Gasteiger partial charge is 0.410 e. The number of benzene rings is 1. The van der Waals surface area contributed by atoms with Crippen LogP contribution in [0.2, 0.25) is 0 Å². The Morgan fingerprint density at radius 3 is 2.71 bits per heavy atom. The zero-order valence-electron chi connectivity index (χ0n) is 9.45. The number of carbonyl (C=O) groups is 1. The maximum atomic E-state index is 11.6. The standard InChI is InChI=1S/C12H16N2O3/c13-10-6-14(7-11(10)15)12(16)17-8-9-4-2-1-3-5-9/h1-5,10-11,15H,6-8,13H2/t10-,11?/m1/s1. The molecule has 1 unspecified atom stereocenters. The first-order valence-corrected chi connectivity index (χ1v) is 5.56. The normalized spacial score (nSPS) is 23.8. The molecule has 2 atom stereocenters. The van der Waals surface area contributed by atoms with Gasteiger partial charge in [0.2, 0.25) is 0 Å². The number of hydrogen-bond donors (Lipinski definition) is 2. The Bertz CT molecular complexity index is 373. The van der Waals surface area contributed by atoms with Crippen molar-refractivity contribution in [3.8, 4) is 0 Å². The van der Waals surface area contributed by atoms with Gasteiger partial charge in [-0.25, -0.2) is 4.79 Å². The molecule has 0 aliphatic carbocycles. The van der Waals surface area contributed by atoms with Crippen LogP contribution >= 0.6 is 0 Å². The molecule has 0 saturated carbocycles. The Balaban J connectivity index is 1.82. The van der Waals surface area contributed by atoms with Gasteiger partial charge in [0.25, 0.3) is 0 Å². The number of hydrogen-bond acceptors (Lipinski definition) is 4. The van der Waals surface area contributed by atoms with Crippen LogP contribution in [-0.4, -0.2) is 41.3 Å². The Hall–Kier alpha value is -1.59. The fraction of sp³-hybridized carbons (Fsp3) is 0.417. The first kappa shape index (κ1) is 11.9. The van der Waals surface area contributed by atoms with E-state index in [9.17, 15) is 9.90 Å². The lowest BCUT2D eigenvalue weighted by Gasteiger charge is -2.15. The Morgan fingerprint density at radius 1 is 1.41 bits per heavy atom. The van der Waals surface area contributed by atoms with E-state index in [1.165, 1.54) is 4.90 Å². The van der Waals surface area contributed by atoms with Crippen LogP contribution in [0.5, 0.6) is 0 Å². The highest BCUT2D eigenvalue weighted by atomic mass is 16.6. The molecule has 1 saturated heterocycles. The van der Waals surface area contributed by atoms with Gasteiger partial charge in [0, 0.05) is 6.54 Å². The van der Waals surface area contributed by atoms with Crippen LogP contribution in [0.1, 0.15) is 5.56 Å². The van der Waals surface area contributed by atoms with Crippen molar-refractivity contribution in [2.45, 2.75) is 18.8 Å². The van der Waals surface area contributed by atoms with Crippen LogP contribution in [0.25, 0.3) is 0 Å². The third kappa shape index (κ3) is 2.95. The molecule has 17 heavy (non-hydrogen) atoms. The van der Waals surface area contributed by atoms with E-state index >= 15 is 0 Å². The lowest BCUT2D eigenvalue weighted by molar-refractivity contribution is 0.0971. The first-order chi connectivity index (χ1) is 8.16. The average molecular weight is 236 g/mol. The molecule has 1 amide bonds. The summed E-state index contributed by atoms with van der Waals surface area (Å²) in [5.41, 5.74) is 6.55. The SMILES string of the molecule is N[C@@H]1CN(C(=O)OCc2ccccc2)CC1O. The number of aliphatic hydroxyl groups is 1. The lowest BCUT2D eigenvalue weighted by atomic mass is 10.2. The minimum atomic E-state index is -0.653. The van der Waals surface area contributed by atoms with Crippen LogP contribution in [0.15, 0.2) is 30.3 Å². The fourth-order valence-electron chi connectivity index (χ4n) is 1.77. The van der Waals surface area contributed by atoms with E-state index in [1.807, 2.05) is 30.3 Å². The van der Waals surface area contributed by atoms with E-state index in [0.717, 1.165) is 5.56 Å². The molecule has 1 heterocycles. The number of nitrogens with zero attached hydrogens (tertiary/aromatic N) is 1. The molecule has 0 radical (unpaired) electrons. The minimum absolute atomic E-state index is 0.238. The zero-order valence-corrected chi connectivity index (χ0v) is 9.45. The highest BCUT2D eigenvalue weighted by Crippen LogP contribution is 2.10. The van der Waals surface area contributed by atoms with Gasteiger partial charge in [-0.15, -0.1) is 0 Å². The maximum Gasteiger partial charge on any atom is 0.410 e. The first-order valence-electron chi connectivity index (χ1n) is 5.56. The second-order valence-electron chi connectivity index (χ2n) is 4.18. The van der Waals surface area contributed by atoms with Crippen molar-refractivity contribution in [1.82, 2.24) is 4.90 Å². The molecule has 92 valence electrons. The van der Waals surface area contributed by atoms with Crippen molar-refractivity contribution >= 4 is 6.09 Å². The minimum Gasteiger partial charge on any atom is -0.445 e. The van der Waals surface area contributed by atoms with Crippen molar-refractivity contribution in [2.24, 2.45) is 5.73 Å². The molecule has 3 N–H and O–H groups in total. The Morgan fingerprint density at radius 2 is 2.12 bits per heavy atom. The summed E-state index contributed by atoms with van der Waals surface area (Å²) in [7, 11) is 0. The molecule has 1 aromatic rings. The van der Waals surface area contributed by atoms with Crippen LogP contribution in [0, 0.1) is 0 Å². The molecule has 2 rings (SSSR count). The van der Waals surface area contributed by atoms with Crippen molar-refractivity contribution in [3.63, 3.8) is 0 Å². The number of amides is 1. The summed E-state index contributed by atoms with van der Waals surface area (Å²) in [4.78, 5) is 13.1. The third-order valence-corrected chi connectivity index (χ3v) is 2.80. The van der Waals surface area contributed by atoms with Gasteiger partial charge in [0.05, 0.1) is 18.7 Å². The van der Waals surface area contributed by atoms with Crippen LogP contribution in [-0.2, 0) is 11.3 Å². The van der Waals surface area contributed by atoms with Crippen molar-refractivity contribution in [1.29, 1.82) is 0 Å². The third-order valence-electron chi connectivity index (χ3n) is 2.80. The lowest BCUT2D eigenvalue weighted by Crippen LogP contribution is -2.33. The number of nitrogens with two attached hydrogens (primary N) is 1. The summed E-state index contributed by atoms with van der Waals surface area (Å²) in [6, 6.07) is 9.08. The number of ether oxygens (including phenoxy) is 1. The van der Waals surface area contributed by atoms with Gasteiger partial charge in [-0.2, -0.15) is 0 Å². The summed E-state index contributed by atoms with van der Waals surface area (Å²) >= 11 is 0. The molecule has 1 aliphatic rings. The number of aliphatic hydroxyl groups excluding tert-OH is 1.